The van der Waals surface area contributed by atoms with Gasteiger partial charge in [-0.2, -0.15) is 0 Å². The first-order valence-corrected chi connectivity index (χ1v) is 7.49. The minimum Gasteiger partial charge on any atom is -0.386 e. The number of aliphatic hydroxyl groups is 1. The fourth-order valence-electron chi connectivity index (χ4n) is 2.08. The van der Waals surface area contributed by atoms with Crippen molar-refractivity contribution in [3.63, 3.8) is 0 Å². The molecule has 1 aromatic carbocycles. The van der Waals surface area contributed by atoms with E-state index >= 15 is 0 Å². The van der Waals surface area contributed by atoms with Crippen LogP contribution in [0.5, 0.6) is 0 Å². The van der Waals surface area contributed by atoms with Crippen LogP contribution < -0.4 is 0 Å². The average molecular weight is 264 g/mol. The topological polar surface area (TPSA) is 29.5 Å². The van der Waals surface area contributed by atoms with E-state index in [0.717, 1.165) is 12.0 Å². The van der Waals surface area contributed by atoms with E-state index in [-0.39, 0.29) is 6.10 Å². The number of unbranched alkanes of at least 4 members (excludes halogenated alkanes) is 3. The van der Waals surface area contributed by atoms with E-state index in [0.29, 0.717) is 6.61 Å². The highest BCUT2D eigenvalue weighted by atomic mass is 16.5. The van der Waals surface area contributed by atoms with Crippen LogP contribution in [0.15, 0.2) is 24.3 Å². The van der Waals surface area contributed by atoms with Gasteiger partial charge < -0.3 is 9.84 Å². The first kappa shape index (κ1) is 16.2. The van der Waals surface area contributed by atoms with Crippen LogP contribution in [0.25, 0.3) is 0 Å². The van der Waals surface area contributed by atoms with Crippen molar-refractivity contribution in [1.82, 2.24) is 0 Å². The normalized spacial score (nSPS) is 14.3. The maximum absolute atomic E-state index is 10.0. The second kappa shape index (κ2) is 9.11. The second-order valence-corrected chi connectivity index (χ2v) is 5.42. The van der Waals surface area contributed by atoms with Gasteiger partial charge >= 0.3 is 0 Å². The summed E-state index contributed by atoms with van der Waals surface area (Å²) in [4.78, 5) is 0. The van der Waals surface area contributed by atoms with Gasteiger partial charge in [0.25, 0.3) is 0 Å². The molecule has 0 aliphatic rings. The van der Waals surface area contributed by atoms with Crippen molar-refractivity contribution in [3.05, 3.63) is 35.4 Å². The Labute approximate surface area is 117 Å². The lowest BCUT2D eigenvalue weighted by atomic mass is 10.1. The van der Waals surface area contributed by atoms with Crippen molar-refractivity contribution in [2.45, 2.75) is 65.1 Å². The molecule has 0 aliphatic carbocycles. The molecule has 0 fully saturated rings. The molecule has 1 rings (SSSR count). The van der Waals surface area contributed by atoms with E-state index in [4.69, 9.17) is 4.74 Å². The Bertz CT molecular complexity index is 332. The Morgan fingerprint density at radius 3 is 2.42 bits per heavy atom. The van der Waals surface area contributed by atoms with Crippen LogP contribution in [0.4, 0.5) is 0 Å². The van der Waals surface area contributed by atoms with Gasteiger partial charge in [0, 0.05) is 0 Å². The van der Waals surface area contributed by atoms with E-state index in [9.17, 15) is 5.11 Å². The van der Waals surface area contributed by atoms with Gasteiger partial charge in [0.1, 0.15) is 6.10 Å². The second-order valence-electron chi connectivity index (χ2n) is 5.42. The van der Waals surface area contributed by atoms with Gasteiger partial charge in [-0.25, -0.2) is 0 Å². The van der Waals surface area contributed by atoms with E-state index in [1.165, 1.54) is 31.2 Å². The molecule has 2 nitrogen and oxygen atoms in total. The molecular formula is C17H28O2. The molecule has 108 valence electrons. The third-order valence-corrected chi connectivity index (χ3v) is 3.46. The zero-order chi connectivity index (χ0) is 14.1. The van der Waals surface area contributed by atoms with Crippen LogP contribution in [0.2, 0.25) is 0 Å². The maximum Gasteiger partial charge on any atom is 0.102 e. The Hall–Kier alpha value is -0.860. The molecule has 0 heterocycles. The molecule has 2 atom stereocenters. The standard InChI is InChI=1S/C17H28O2/c1-4-5-6-7-8-15(3)19-13-17(18)16-11-9-14(2)10-12-16/h9-12,15,17-18H,4-8,13H2,1-3H3. The molecular weight excluding hydrogens is 236 g/mol. The quantitative estimate of drug-likeness (QED) is 0.670. The largest absolute Gasteiger partial charge is 0.386 e. The van der Waals surface area contributed by atoms with Gasteiger partial charge in [0.05, 0.1) is 12.7 Å². The number of rotatable bonds is 9. The van der Waals surface area contributed by atoms with Gasteiger partial charge in [-0.1, -0.05) is 62.4 Å². The fraction of sp³-hybridized carbons (Fsp3) is 0.647. The van der Waals surface area contributed by atoms with Crippen molar-refractivity contribution < 1.29 is 9.84 Å². The highest BCUT2D eigenvalue weighted by Crippen LogP contribution is 2.16. The van der Waals surface area contributed by atoms with Crippen molar-refractivity contribution in [2.75, 3.05) is 6.61 Å². The van der Waals surface area contributed by atoms with Crippen molar-refractivity contribution in [3.8, 4) is 0 Å². The van der Waals surface area contributed by atoms with Crippen LogP contribution >= 0.6 is 0 Å². The Balaban J connectivity index is 2.22. The lowest BCUT2D eigenvalue weighted by molar-refractivity contribution is -0.00651. The summed E-state index contributed by atoms with van der Waals surface area (Å²) >= 11 is 0. The maximum atomic E-state index is 10.0. The summed E-state index contributed by atoms with van der Waals surface area (Å²) in [5.74, 6) is 0. The summed E-state index contributed by atoms with van der Waals surface area (Å²) in [6.45, 7) is 6.74. The molecule has 0 spiro atoms. The summed E-state index contributed by atoms with van der Waals surface area (Å²) in [5.41, 5.74) is 2.14. The van der Waals surface area contributed by atoms with Gasteiger partial charge in [-0.15, -0.1) is 0 Å². The van der Waals surface area contributed by atoms with Crippen LogP contribution in [0, 0.1) is 6.92 Å². The Morgan fingerprint density at radius 1 is 1.11 bits per heavy atom. The number of benzene rings is 1. The van der Waals surface area contributed by atoms with Crippen molar-refractivity contribution in [1.29, 1.82) is 0 Å². The summed E-state index contributed by atoms with van der Waals surface area (Å²) in [6, 6.07) is 7.98. The monoisotopic (exact) mass is 264 g/mol. The van der Waals surface area contributed by atoms with Crippen LogP contribution in [0.3, 0.4) is 0 Å². The number of hydrogen-bond donors (Lipinski definition) is 1. The van der Waals surface area contributed by atoms with Crippen LogP contribution in [-0.2, 0) is 4.74 Å². The highest BCUT2D eigenvalue weighted by Gasteiger charge is 2.10. The van der Waals surface area contributed by atoms with Crippen LogP contribution in [-0.4, -0.2) is 17.8 Å². The van der Waals surface area contributed by atoms with E-state index in [1.807, 2.05) is 31.2 Å². The Kier molecular flexibility index (Phi) is 7.76. The summed E-state index contributed by atoms with van der Waals surface area (Å²) < 4.78 is 5.72. The minimum absolute atomic E-state index is 0.233. The third-order valence-electron chi connectivity index (χ3n) is 3.46. The number of aliphatic hydroxyl groups excluding tert-OH is 1. The van der Waals surface area contributed by atoms with E-state index in [2.05, 4.69) is 13.8 Å². The first-order chi connectivity index (χ1) is 9.13. The summed E-state index contributed by atoms with van der Waals surface area (Å²) in [5, 5.41) is 10.0. The summed E-state index contributed by atoms with van der Waals surface area (Å²) in [7, 11) is 0. The van der Waals surface area contributed by atoms with E-state index in [1.54, 1.807) is 0 Å². The van der Waals surface area contributed by atoms with Crippen molar-refractivity contribution >= 4 is 0 Å². The fourth-order valence-corrected chi connectivity index (χ4v) is 2.08. The lowest BCUT2D eigenvalue weighted by Crippen LogP contribution is -2.14. The predicted octanol–water partition coefficient (Wildman–Crippen LogP) is 4.40. The Morgan fingerprint density at radius 2 is 1.79 bits per heavy atom. The minimum atomic E-state index is -0.515. The van der Waals surface area contributed by atoms with Gasteiger partial charge in [-0.3, -0.25) is 0 Å². The molecule has 2 unspecified atom stereocenters. The SMILES string of the molecule is CCCCCCC(C)OCC(O)c1ccc(C)cc1. The molecule has 0 amide bonds. The molecule has 0 saturated heterocycles. The number of hydrogen-bond acceptors (Lipinski definition) is 2. The lowest BCUT2D eigenvalue weighted by Gasteiger charge is -2.17. The number of aryl methyl sites for hydroxylation is 1. The molecule has 1 N–H and O–H groups in total. The molecule has 19 heavy (non-hydrogen) atoms. The predicted molar refractivity (Wildman–Crippen MR) is 80.3 cm³/mol. The van der Waals surface area contributed by atoms with Crippen LogP contribution in [0.1, 0.15) is 63.2 Å². The zero-order valence-corrected chi connectivity index (χ0v) is 12.6. The molecule has 0 bridgehead atoms. The van der Waals surface area contributed by atoms with E-state index < -0.39 is 6.10 Å². The van der Waals surface area contributed by atoms with Gasteiger partial charge in [0.15, 0.2) is 0 Å². The summed E-state index contributed by atoms with van der Waals surface area (Å²) in [6.07, 6.45) is 5.87. The third kappa shape index (κ3) is 6.74. The molecule has 2 heteroatoms. The molecule has 0 aromatic heterocycles. The molecule has 0 aliphatic heterocycles. The highest BCUT2D eigenvalue weighted by molar-refractivity contribution is 5.23. The zero-order valence-electron chi connectivity index (χ0n) is 12.6. The number of ether oxygens (including phenoxy) is 1. The smallest absolute Gasteiger partial charge is 0.102 e. The molecule has 1 aromatic rings. The van der Waals surface area contributed by atoms with Gasteiger partial charge in [-0.05, 0) is 25.8 Å². The van der Waals surface area contributed by atoms with Crippen molar-refractivity contribution in [2.24, 2.45) is 0 Å². The average Bonchev–Trinajstić information content (AvgIpc) is 2.42. The molecule has 0 saturated carbocycles. The first-order valence-electron chi connectivity index (χ1n) is 7.49. The van der Waals surface area contributed by atoms with Gasteiger partial charge in [0.2, 0.25) is 0 Å². The molecule has 0 radical (unpaired) electrons.